The zero-order valence-electron chi connectivity index (χ0n) is 5.59. The molecule has 0 fully saturated rings. The summed E-state index contributed by atoms with van der Waals surface area (Å²) >= 11 is 1.14. The van der Waals surface area contributed by atoms with Crippen molar-refractivity contribution in [1.29, 1.82) is 0 Å². The third-order valence-corrected chi connectivity index (χ3v) is 1.13. The van der Waals surface area contributed by atoms with E-state index in [4.69, 9.17) is 0 Å². The van der Waals surface area contributed by atoms with Crippen molar-refractivity contribution < 1.29 is 8.98 Å². The summed E-state index contributed by atoms with van der Waals surface area (Å²) < 4.78 is 4.61. The molecular formula is C6H10O2S. The van der Waals surface area contributed by atoms with Gasteiger partial charge in [-0.25, -0.2) is 4.79 Å². The highest BCUT2D eigenvalue weighted by molar-refractivity contribution is 7.95. The average molecular weight is 146 g/mol. The first-order valence-electron chi connectivity index (χ1n) is 2.66. The van der Waals surface area contributed by atoms with E-state index in [1.54, 1.807) is 0 Å². The molecule has 0 bridgehead atoms. The van der Waals surface area contributed by atoms with E-state index in [9.17, 15) is 4.79 Å². The molecule has 0 saturated heterocycles. The van der Waals surface area contributed by atoms with Crippen LogP contribution in [-0.2, 0) is 8.98 Å². The first kappa shape index (κ1) is 8.56. The van der Waals surface area contributed by atoms with Crippen molar-refractivity contribution in [3.8, 4) is 0 Å². The van der Waals surface area contributed by atoms with Gasteiger partial charge in [0.1, 0.15) is 0 Å². The van der Waals surface area contributed by atoms with Crippen LogP contribution >= 0.6 is 12.0 Å². The van der Waals surface area contributed by atoms with Crippen LogP contribution in [0, 0.1) is 0 Å². The smallest absolute Gasteiger partial charge is 0.342 e. The Hall–Kier alpha value is -0.440. The molecule has 0 aliphatic heterocycles. The lowest BCUT2D eigenvalue weighted by Gasteiger charge is -2.00. The van der Waals surface area contributed by atoms with E-state index < -0.39 is 0 Å². The minimum absolute atomic E-state index is 0.314. The zero-order valence-corrected chi connectivity index (χ0v) is 6.40. The van der Waals surface area contributed by atoms with Gasteiger partial charge < -0.3 is 4.18 Å². The highest BCUT2D eigenvalue weighted by atomic mass is 32.2. The number of rotatable bonds is 3. The molecule has 0 heterocycles. The summed E-state index contributed by atoms with van der Waals surface area (Å²) in [6.07, 6.45) is 1.15. The molecule has 0 unspecified atom stereocenters. The molecule has 0 radical (unpaired) electrons. The van der Waals surface area contributed by atoms with Crippen LogP contribution in [0.3, 0.4) is 0 Å². The average Bonchev–Trinajstić information content (AvgIpc) is 1.83. The van der Waals surface area contributed by atoms with Crippen LogP contribution in [0.1, 0.15) is 13.8 Å². The van der Waals surface area contributed by atoms with Crippen molar-refractivity contribution >= 4 is 18.0 Å². The number of carbonyl (C=O) groups excluding carboxylic acids is 1. The Kier molecular flexibility index (Phi) is 4.22. The summed E-state index contributed by atoms with van der Waals surface area (Å²) in [5.41, 5.74) is 0. The Morgan fingerprint density at radius 2 is 2.33 bits per heavy atom. The molecule has 0 aliphatic carbocycles. The quantitative estimate of drug-likeness (QED) is 0.448. The van der Waals surface area contributed by atoms with Gasteiger partial charge in [0.05, 0.1) is 12.0 Å². The van der Waals surface area contributed by atoms with Gasteiger partial charge >= 0.3 is 5.97 Å². The Balaban J connectivity index is 3.27. The van der Waals surface area contributed by atoms with Crippen LogP contribution in [0.4, 0.5) is 0 Å². The maximum Gasteiger partial charge on any atom is 0.342 e. The van der Waals surface area contributed by atoms with Gasteiger partial charge in [-0.15, -0.1) is 0 Å². The van der Waals surface area contributed by atoms with E-state index in [1.807, 2.05) is 13.8 Å². The van der Waals surface area contributed by atoms with Gasteiger partial charge in [-0.3, -0.25) is 0 Å². The summed E-state index contributed by atoms with van der Waals surface area (Å²) in [5, 5.41) is 0.314. The zero-order chi connectivity index (χ0) is 7.28. The van der Waals surface area contributed by atoms with Gasteiger partial charge in [-0.2, -0.15) is 0 Å². The Labute approximate surface area is 59.5 Å². The molecule has 0 amide bonds. The van der Waals surface area contributed by atoms with Gasteiger partial charge in [0, 0.05) is 11.3 Å². The Morgan fingerprint density at radius 3 is 2.67 bits per heavy atom. The van der Waals surface area contributed by atoms with Crippen LogP contribution in [0.15, 0.2) is 12.7 Å². The lowest BCUT2D eigenvalue weighted by atomic mass is 10.6. The largest absolute Gasteiger partial charge is 0.388 e. The normalized spacial score (nSPS) is 9.22. The van der Waals surface area contributed by atoms with Gasteiger partial charge in [0.2, 0.25) is 0 Å². The van der Waals surface area contributed by atoms with Crippen molar-refractivity contribution in [3.63, 3.8) is 0 Å². The van der Waals surface area contributed by atoms with Crippen LogP contribution < -0.4 is 0 Å². The predicted molar refractivity (Wildman–Crippen MR) is 39.0 cm³/mol. The summed E-state index contributed by atoms with van der Waals surface area (Å²) in [7, 11) is 0. The van der Waals surface area contributed by atoms with Crippen LogP contribution in [0.5, 0.6) is 0 Å². The van der Waals surface area contributed by atoms with Crippen molar-refractivity contribution in [1.82, 2.24) is 0 Å². The second kappa shape index (κ2) is 4.44. The maximum absolute atomic E-state index is 10.4. The highest BCUT2D eigenvalue weighted by Crippen LogP contribution is 2.10. The fourth-order valence-corrected chi connectivity index (χ4v) is 0.533. The molecule has 3 heteroatoms. The summed E-state index contributed by atoms with van der Waals surface area (Å²) in [6, 6.07) is 0. The molecule has 9 heavy (non-hydrogen) atoms. The molecule has 0 aromatic heterocycles. The van der Waals surface area contributed by atoms with Crippen LogP contribution in [0.2, 0.25) is 0 Å². The molecule has 52 valence electrons. The summed E-state index contributed by atoms with van der Waals surface area (Å²) in [4.78, 5) is 10.4. The molecule has 0 aromatic rings. The topological polar surface area (TPSA) is 26.3 Å². The molecule has 0 saturated carbocycles. The van der Waals surface area contributed by atoms with E-state index in [-0.39, 0.29) is 5.97 Å². The van der Waals surface area contributed by atoms with Crippen molar-refractivity contribution in [2.24, 2.45) is 0 Å². The van der Waals surface area contributed by atoms with Gasteiger partial charge in [0.25, 0.3) is 0 Å². The van der Waals surface area contributed by atoms with E-state index in [0.717, 1.165) is 18.1 Å². The van der Waals surface area contributed by atoms with Gasteiger partial charge in [-0.1, -0.05) is 20.4 Å². The second-order valence-electron chi connectivity index (χ2n) is 1.75. The van der Waals surface area contributed by atoms with Gasteiger partial charge in [-0.05, 0) is 0 Å². The monoisotopic (exact) mass is 146 g/mol. The van der Waals surface area contributed by atoms with E-state index >= 15 is 0 Å². The second-order valence-corrected chi connectivity index (χ2v) is 3.05. The minimum Gasteiger partial charge on any atom is -0.388 e. The molecule has 0 N–H and O–H groups in total. The maximum atomic E-state index is 10.4. The lowest BCUT2D eigenvalue weighted by molar-refractivity contribution is -0.127. The third-order valence-electron chi connectivity index (χ3n) is 0.489. The molecule has 0 atom stereocenters. The van der Waals surface area contributed by atoms with E-state index in [0.29, 0.717) is 5.25 Å². The fourth-order valence-electron chi connectivity index (χ4n) is 0.178. The minimum atomic E-state index is -0.381. The molecule has 0 aromatic carbocycles. The standard InChI is InChI=1S/C6H10O2S/c1-4-6(7)8-9-5(2)3/h4-5H,1H2,2-3H3. The molecule has 0 rings (SSSR count). The molecule has 0 spiro atoms. The third kappa shape index (κ3) is 5.43. The molecule has 0 aliphatic rings. The number of hydrogen-bond acceptors (Lipinski definition) is 3. The Morgan fingerprint density at radius 1 is 1.78 bits per heavy atom. The fraction of sp³-hybridized carbons (Fsp3) is 0.500. The number of hydrogen-bond donors (Lipinski definition) is 0. The lowest BCUT2D eigenvalue weighted by Crippen LogP contribution is -1.96. The predicted octanol–water partition coefficient (Wildman–Crippen LogP) is 1.77. The summed E-state index contributed by atoms with van der Waals surface area (Å²) in [6.45, 7) is 7.14. The van der Waals surface area contributed by atoms with Crippen molar-refractivity contribution in [2.45, 2.75) is 19.1 Å². The van der Waals surface area contributed by atoms with Gasteiger partial charge in [0.15, 0.2) is 0 Å². The van der Waals surface area contributed by atoms with Crippen LogP contribution in [0.25, 0.3) is 0 Å². The van der Waals surface area contributed by atoms with E-state index in [2.05, 4.69) is 10.8 Å². The number of carbonyl (C=O) groups is 1. The van der Waals surface area contributed by atoms with Crippen molar-refractivity contribution in [3.05, 3.63) is 12.7 Å². The SMILES string of the molecule is C=CC(=O)OSC(C)C. The molecular weight excluding hydrogens is 136 g/mol. The molecule has 2 nitrogen and oxygen atoms in total. The van der Waals surface area contributed by atoms with Crippen molar-refractivity contribution in [2.75, 3.05) is 0 Å². The Bertz CT molecular complexity index is 110. The highest BCUT2D eigenvalue weighted by Gasteiger charge is 1.98. The van der Waals surface area contributed by atoms with E-state index in [1.165, 1.54) is 0 Å². The van der Waals surface area contributed by atoms with Crippen LogP contribution in [-0.4, -0.2) is 11.2 Å². The first-order chi connectivity index (χ1) is 4.16. The summed E-state index contributed by atoms with van der Waals surface area (Å²) in [5.74, 6) is -0.381. The first-order valence-corrected chi connectivity index (χ1v) is 3.47.